The predicted octanol–water partition coefficient (Wildman–Crippen LogP) is 3.10. The van der Waals surface area contributed by atoms with E-state index in [0.717, 1.165) is 0 Å². The third-order valence-corrected chi connectivity index (χ3v) is 4.47. The maximum atomic E-state index is 12.9. The minimum atomic E-state index is -1.01. The number of benzene rings is 2. The zero-order valence-electron chi connectivity index (χ0n) is 14.9. The minimum absolute atomic E-state index is 0.353. The molecule has 0 fully saturated rings. The zero-order valence-corrected chi connectivity index (χ0v) is 14.9. The fraction of sp³-hybridized carbons (Fsp3) is 0.238. The molecular formula is C21H19FN2O3. The Bertz CT molecular complexity index is 929. The van der Waals surface area contributed by atoms with Gasteiger partial charge in [0.1, 0.15) is 23.3 Å². The molecule has 5 nitrogen and oxygen atoms in total. The van der Waals surface area contributed by atoms with Crippen LogP contribution in [0.25, 0.3) is 6.08 Å². The summed E-state index contributed by atoms with van der Waals surface area (Å²) in [5, 5.41) is 22.6. The largest absolute Gasteiger partial charge is 0.485 e. The van der Waals surface area contributed by atoms with E-state index in [9.17, 15) is 14.3 Å². The molecule has 2 N–H and O–H groups in total. The molecule has 1 heterocycles. The first kappa shape index (κ1) is 18.6. The highest BCUT2D eigenvalue weighted by molar-refractivity contribution is 5.92. The number of carbonyl (C=O) groups is 1. The maximum absolute atomic E-state index is 12.9. The van der Waals surface area contributed by atoms with Crippen LogP contribution < -0.4 is 10.1 Å². The van der Waals surface area contributed by atoms with Gasteiger partial charge in [0, 0.05) is 11.6 Å². The van der Waals surface area contributed by atoms with Gasteiger partial charge < -0.3 is 15.2 Å². The Morgan fingerprint density at radius 2 is 2.00 bits per heavy atom. The average molecular weight is 366 g/mol. The van der Waals surface area contributed by atoms with E-state index in [2.05, 4.69) is 5.32 Å². The van der Waals surface area contributed by atoms with Crippen molar-refractivity contribution in [2.45, 2.75) is 31.6 Å². The lowest BCUT2D eigenvalue weighted by atomic mass is 9.86. The Morgan fingerprint density at radius 1 is 1.30 bits per heavy atom. The Labute approximate surface area is 156 Å². The van der Waals surface area contributed by atoms with Crippen molar-refractivity contribution in [2.75, 3.05) is 0 Å². The van der Waals surface area contributed by atoms with E-state index in [-0.39, 0.29) is 5.82 Å². The lowest BCUT2D eigenvalue weighted by Gasteiger charge is -2.42. The molecule has 2 aromatic rings. The number of nitriles is 1. The summed E-state index contributed by atoms with van der Waals surface area (Å²) in [5.41, 5.74) is 0.709. The van der Waals surface area contributed by atoms with E-state index >= 15 is 0 Å². The SMILES string of the molecule is CC1(C)Oc2ccc(C#N)cc2[C@H](NC(=O)C=Cc2ccc(F)cc2)[C@H]1O. The number of hydrogen-bond donors (Lipinski definition) is 2. The van der Waals surface area contributed by atoms with E-state index in [0.29, 0.717) is 22.4 Å². The van der Waals surface area contributed by atoms with Gasteiger partial charge in [-0.05, 0) is 55.8 Å². The number of halogens is 1. The van der Waals surface area contributed by atoms with Crippen LogP contribution in [0.5, 0.6) is 5.75 Å². The van der Waals surface area contributed by atoms with Crippen molar-refractivity contribution < 1.29 is 19.0 Å². The minimum Gasteiger partial charge on any atom is -0.485 e. The van der Waals surface area contributed by atoms with Crippen molar-refractivity contribution in [3.63, 3.8) is 0 Å². The molecule has 2 aromatic carbocycles. The van der Waals surface area contributed by atoms with Gasteiger partial charge in [-0.1, -0.05) is 12.1 Å². The number of amides is 1. The molecule has 0 aliphatic carbocycles. The van der Waals surface area contributed by atoms with Crippen LogP contribution in [0.1, 0.15) is 36.6 Å². The Kier molecular flexibility index (Phi) is 4.98. The fourth-order valence-electron chi connectivity index (χ4n) is 2.97. The highest BCUT2D eigenvalue weighted by Crippen LogP contribution is 2.40. The van der Waals surface area contributed by atoms with Crippen molar-refractivity contribution in [1.82, 2.24) is 5.32 Å². The van der Waals surface area contributed by atoms with Gasteiger partial charge in [0.25, 0.3) is 0 Å². The number of hydrogen-bond acceptors (Lipinski definition) is 4. The van der Waals surface area contributed by atoms with Crippen molar-refractivity contribution in [3.8, 4) is 11.8 Å². The van der Waals surface area contributed by atoms with Crippen LogP contribution in [0, 0.1) is 17.1 Å². The second kappa shape index (κ2) is 7.22. The number of ether oxygens (including phenoxy) is 1. The maximum Gasteiger partial charge on any atom is 0.244 e. The van der Waals surface area contributed by atoms with Gasteiger partial charge in [0.05, 0.1) is 17.7 Å². The monoisotopic (exact) mass is 366 g/mol. The number of carbonyl (C=O) groups excluding carboxylic acids is 1. The van der Waals surface area contributed by atoms with Crippen molar-refractivity contribution in [3.05, 3.63) is 71.0 Å². The molecule has 2 atom stereocenters. The number of aliphatic hydroxyl groups is 1. The molecule has 1 aliphatic heterocycles. The molecule has 0 unspecified atom stereocenters. The number of aliphatic hydroxyl groups excluding tert-OH is 1. The number of nitrogens with zero attached hydrogens (tertiary/aromatic N) is 1. The summed E-state index contributed by atoms with van der Waals surface area (Å²) in [6.45, 7) is 3.46. The lowest BCUT2D eigenvalue weighted by molar-refractivity contribution is -0.121. The van der Waals surface area contributed by atoms with Gasteiger partial charge in [-0.2, -0.15) is 5.26 Å². The first-order valence-electron chi connectivity index (χ1n) is 8.45. The van der Waals surface area contributed by atoms with Crippen LogP contribution >= 0.6 is 0 Å². The number of fused-ring (bicyclic) bond motifs is 1. The van der Waals surface area contributed by atoms with Crippen molar-refractivity contribution >= 4 is 12.0 Å². The van der Waals surface area contributed by atoms with Crippen molar-refractivity contribution in [2.24, 2.45) is 0 Å². The molecule has 0 radical (unpaired) electrons. The first-order chi connectivity index (χ1) is 12.8. The van der Waals surface area contributed by atoms with Crippen LogP contribution in [-0.2, 0) is 4.79 Å². The summed E-state index contributed by atoms with van der Waals surface area (Å²) in [7, 11) is 0. The molecule has 27 heavy (non-hydrogen) atoms. The van der Waals surface area contributed by atoms with Crippen LogP contribution in [0.3, 0.4) is 0 Å². The summed E-state index contributed by atoms with van der Waals surface area (Å²) in [6, 6.07) is 11.9. The van der Waals surface area contributed by atoms with Gasteiger partial charge in [-0.3, -0.25) is 4.79 Å². The van der Waals surface area contributed by atoms with E-state index in [1.54, 1.807) is 50.3 Å². The Hall–Kier alpha value is -3.17. The number of nitrogens with one attached hydrogen (secondary N) is 1. The normalized spacial score (nSPS) is 20.4. The van der Waals surface area contributed by atoms with E-state index in [1.807, 2.05) is 6.07 Å². The lowest BCUT2D eigenvalue weighted by Crippen LogP contribution is -2.53. The molecule has 138 valence electrons. The highest BCUT2D eigenvalue weighted by Gasteiger charge is 2.43. The van der Waals surface area contributed by atoms with E-state index in [4.69, 9.17) is 10.00 Å². The summed E-state index contributed by atoms with van der Waals surface area (Å²) in [4.78, 5) is 12.4. The van der Waals surface area contributed by atoms with Gasteiger partial charge >= 0.3 is 0 Å². The van der Waals surface area contributed by atoms with Crippen LogP contribution in [0.4, 0.5) is 4.39 Å². The Balaban J connectivity index is 1.85. The van der Waals surface area contributed by atoms with Gasteiger partial charge in [0.2, 0.25) is 5.91 Å². The van der Waals surface area contributed by atoms with E-state index in [1.165, 1.54) is 18.2 Å². The van der Waals surface area contributed by atoms with Crippen LogP contribution in [-0.4, -0.2) is 22.7 Å². The number of rotatable bonds is 3. The molecule has 0 saturated carbocycles. The summed E-state index contributed by atoms with van der Waals surface area (Å²) >= 11 is 0. The molecule has 1 amide bonds. The second-order valence-electron chi connectivity index (χ2n) is 6.89. The second-order valence-corrected chi connectivity index (χ2v) is 6.89. The molecular weight excluding hydrogens is 347 g/mol. The van der Waals surface area contributed by atoms with Crippen molar-refractivity contribution in [1.29, 1.82) is 5.26 Å². The van der Waals surface area contributed by atoms with Gasteiger partial charge in [0.15, 0.2) is 0 Å². The van der Waals surface area contributed by atoms with Gasteiger partial charge in [-0.15, -0.1) is 0 Å². The van der Waals surface area contributed by atoms with E-state index < -0.39 is 23.7 Å². The molecule has 0 bridgehead atoms. The quantitative estimate of drug-likeness (QED) is 0.818. The smallest absolute Gasteiger partial charge is 0.244 e. The average Bonchev–Trinajstić information content (AvgIpc) is 2.64. The molecule has 1 aliphatic rings. The third kappa shape index (κ3) is 3.99. The zero-order chi connectivity index (χ0) is 19.6. The molecule has 0 spiro atoms. The summed E-state index contributed by atoms with van der Waals surface area (Å²) < 4.78 is 18.8. The molecule has 3 rings (SSSR count). The van der Waals surface area contributed by atoms with Crippen LogP contribution in [0.15, 0.2) is 48.5 Å². The van der Waals surface area contributed by atoms with Crippen LogP contribution in [0.2, 0.25) is 0 Å². The molecule has 0 aromatic heterocycles. The fourth-order valence-corrected chi connectivity index (χ4v) is 2.97. The van der Waals surface area contributed by atoms with Gasteiger partial charge in [-0.25, -0.2) is 4.39 Å². The third-order valence-electron chi connectivity index (χ3n) is 4.47. The molecule has 6 heteroatoms. The topological polar surface area (TPSA) is 82.3 Å². The first-order valence-corrected chi connectivity index (χ1v) is 8.45. The highest BCUT2D eigenvalue weighted by atomic mass is 19.1. The summed E-state index contributed by atoms with van der Waals surface area (Å²) in [5.74, 6) is -0.263. The molecule has 0 saturated heterocycles. The standard InChI is InChI=1S/C21H19FN2O3/c1-21(2)20(26)19(16-11-14(12-23)5-9-17(16)27-21)24-18(25)10-6-13-3-7-15(22)8-4-13/h3-11,19-20,26H,1-2H3,(H,24,25)/t19-,20+/m0/s1. The Morgan fingerprint density at radius 3 is 2.67 bits per heavy atom. The summed E-state index contributed by atoms with van der Waals surface area (Å²) in [6.07, 6.45) is 1.86. The predicted molar refractivity (Wildman–Crippen MR) is 98.2 cm³/mol.